The molecule has 1 heterocycles. The monoisotopic (exact) mass is 272 g/mol. The molecule has 1 atom stereocenters. The molecule has 1 unspecified atom stereocenters. The van der Waals surface area contributed by atoms with Gasteiger partial charge in [-0.25, -0.2) is 0 Å². The minimum Gasteiger partial charge on any atom is -0.357 e. The maximum absolute atomic E-state index is 12.3. The molecule has 0 aliphatic rings. The van der Waals surface area contributed by atoms with E-state index in [2.05, 4.69) is 15.5 Å². The first-order valence-corrected chi connectivity index (χ1v) is 6.93. The van der Waals surface area contributed by atoms with Crippen molar-refractivity contribution in [1.29, 1.82) is 0 Å². The van der Waals surface area contributed by atoms with Gasteiger partial charge in [0, 0.05) is 23.9 Å². The third kappa shape index (κ3) is 2.87. The van der Waals surface area contributed by atoms with Crippen LogP contribution in [0.2, 0.25) is 0 Å². The third-order valence-corrected chi connectivity index (χ3v) is 3.37. The highest BCUT2D eigenvalue weighted by Gasteiger charge is 2.19. The number of likely N-dealkylation sites (N-methyl/N-ethyl adjacent to an activating group) is 1. The van der Waals surface area contributed by atoms with E-state index < -0.39 is 0 Å². The molecule has 1 N–H and O–H groups in total. The third-order valence-electron chi connectivity index (χ3n) is 3.37. The van der Waals surface area contributed by atoms with Crippen LogP contribution < -0.4 is 5.32 Å². The summed E-state index contributed by atoms with van der Waals surface area (Å²) in [6.07, 6.45) is 1.72. The first kappa shape index (κ1) is 14.2. The Labute approximate surface area is 119 Å². The number of nitrogens with one attached hydrogen (secondary N) is 1. The van der Waals surface area contributed by atoms with E-state index in [9.17, 15) is 4.79 Å². The molecule has 5 heteroatoms. The van der Waals surface area contributed by atoms with Gasteiger partial charge in [0.05, 0.1) is 6.20 Å². The number of anilines is 1. The van der Waals surface area contributed by atoms with E-state index in [0.29, 0.717) is 18.9 Å². The Morgan fingerprint density at radius 3 is 2.70 bits per heavy atom. The molecule has 1 amide bonds. The highest BCUT2D eigenvalue weighted by Crippen LogP contribution is 2.20. The van der Waals surface area contributed by atoms with E-state index in [4.69, 9.17) is 0 Å². The van der Waals surface area contributed by atoms with Crippen LogP contribution in [0.25, 0.3) is 10.8 Å². The number of hydrogen-bond donors (Lipinski definition) is 1. The van der Waals surface area contributed by atoms with Crippen LogP contribution in [0.1, 0.15) is 20.8 Å². The Hall–Kier alpha value is -2.17. The zero-order chi connectivity index (χ0) is 14.5. The predicted molar refractivity (Wildman–Crippen MR) is 80.6 cm³/mol. The van der Waals surface area contributed by atoms with E-state index in [1.54, 1.807) is 11.1 Å². The van der Waals surface area contributed by atoms with E-state index in [0.717, 1.165) is 10.8 Å². The van der Waals surface area contributed by atoms with Gasteiger partial charge in [0.15, 0.2) is 5.82 Å². The zero-order valence-electron chi connectivity index (χ0n) is 12.1. The average molecular weight is 272 g/mol. The molecule has 1 aromatic heterocycles. The van der Waals surface area contributed by atoms with Gasteiger partial charge in [-0.05, 0) is 20.8 Å². The molecule has 1 aromatic carbocycles. The molecule has 0 saturated carbocycles. The van der Waals surface area contributed by atoms with Gasteiger partial charge in [0.25, 0.3) is 0 Å². The molecule has 0 spiro atoms. The number of aromatic nitrogens is 2. The van der Waals surface area contributed by atoms with Gasteiger partial charge in [0.2, 0.25) is 5.91 Å². The highest BCUT2D eigenvalue weighted by molar-refractivity contribution is 5.93. The first-order valence-electron chi connectivity index (χ1n) is 6.93. The summed E-state index contributed by atoms with van der Waals surface area (Å²) in [7, 11) is 0. The molecule has 0 aliphatic heterocycles. The first-order chi connectivity index (χ1) is 9.67. The van der Waals surface area contributed by atoms with Crippen molar-refractivity contribution < 1.29 is 4.79 Å². The van der Waals surface area contributed by atoms with E-state index in [1.807, 2.05) is 45.0 Å². The van der Waals surface area contributed by atoms with Crippen molar-refractivity contribution in [1.82, 2.24) is 15.1 Å². The second-order valence-electron chi connectivity index (χ2n) is 4.66. The van der Waals surface area contributed by atoms with Gasteiger partial charge in [-0.2, -0.15) is 5.10 Å². The van der Waals surface area contributed by atoms with Crippen molar-refractivity contribution in [2.45, 2.75) is 26.8 Å². The summed E-state index contributed by atoms with van der Waals surface area (Å²) in [5.41, 5.74) is 0. The Kier molecular flexibility index (Phi) is 4.50. The second-order valence-corrected chi connectivity index (χ2v) is 4.66. The molecule has 106 valence electrons. The normalized spacial score (nSPS) is 12.2. The largest absolute Gasteiger partial charge is 0.357 e. The van der Waals surface area contributed by atoms with E-state index in [1.165, 1.54) is 0 Å². The van der Waals surface area contributed by atoms with Crippen LogP contribution in [-0.2, 0) is 4.79 Å². The van der Waals surface area contributed by atoms with Crippen LogP contribution in [0, 0.1) is 0 Å². The molecular formula is C15H20N4O. The summed E-state index contributed by atoms with van der Waals surface area (Å²) >= 11 is 0. The number of fused-ring (bicyclic) bond motifs is 1. The minimum absolute atomic E-state index is 0.0738. The van der Waals surface area contributed by atoms with Crippen molar-refractivity contribution in [3.63, 3.8) is 0 Å². The molecule has 0 bridgehead atoms. The van der Waals surface area contributed by atoms with Crippen molar-refractivity contribution in [2.24, 2.45) is 0 Å². The smallest absolute Gasteiger partial charge is 0.244 e. The van der Waals surface area contributed by atoms with Gasteiger partial charge in [-0.3, -0.25) is 4.79 Å². The Balaban J connectivity index is 2.22. The van der Waals surface area contributed by atoms with Gasteiger partial charge < -0.3 is 10.2 Å². The number of nitrogens with zero attached hydrogens (tertiary/aromatic N) is 3. The average Bonchev–Trinajstić information content (AvgIpc) is 2.48. The standard InChI is InChI=1S/C15H20N4O/c1-4-19(5-2)15(20)11(3)17-14-13-9-7-6-8-12(13)10-16-18-14/h6-11H,4-5H2,1-3H3,(H,17,18). The Morgan fingerprint density at radius 1 is 1.30 bits per heavy atom. The lowest BCUT2D eigenvalue weighted by atomic mass is 10.2. The Bertz CT molecular complexity index is 590. The summed E-state index contributed by atoms with van der Waals surface area (Å²) in [6, 6.07) is 7.53. The maximum atomic E-state index is 12.3. The van der Waals surface area contributed by atoms with Crippen LogP contribution in [0.15, 0.2) is 30.5 Å². The van der Waals surface area contributed by atoms with E-state index >= 15 is 0 Å². The summed E-state index contributed by atoms with van der Waals surface area (Å²) in [5.74, 6) is 0.723. The van der Waals surface area contributed by atoms with Crippen LogP contribution in [0.4, 0.5) is 5.82 Å². The molecular weight excluding hydrogens is 252 g/mol. The summed E-state index contributed by atoms with van der Waals surface area (Å²) < 4.78 is 0. The number of amides is 1. The summed E-state index contributed by atoms with van der Waals surface area (Å²) in [5, 5.41) is 13.2. The highest BCUT2D eigenvalue weighted by atomic mass is 16.2. The van der Waals surface area contributed by atoms with Crippen LogP contribution in [0.5, 0.6) is 0 Å². The summed E-state index contributed by atoms with van der Waals surface area (Å²) in [4.78, 5) is 14.1. The molecule has 0 fully saturated rings. The second kappa shape index (κ2) is 6.32. The van der Waals surface area contributed by atoms with E-state index in [-0.39, 0.29) is 11.9 Å². The molecule has 0 radical (unpaired) electrons. The molecule has 0 saturated heterocycles. The number of carbonyl (C=O) groups excluding carboxylic acids is 1. The van der Waals surface area contributed by atoms with Gasteiger partial charge in [-0.1, -0.05) is 24.3 Å². The SMILES string of the molecule is CCN(CC)C(=O)C(C)Nc1nncc2ccccc12. The fraction of sp³-hybridized carbons (Fsp3) is 0.400. The lowest BCUT2D eigenvalue weighted by molar-refractivity contribution is -0.131. The van der Waals surface area contributed by atoms with Crippen molar-refractivity contribution in [3.8, 4) is 0 Å². The number of hydrogen-bond acceptors (Lipinski definition) is 4. The fourth-order valence-electron chi connectivity index (χ4n) is 2.21. The topological polar surface area (TPSA) is 58.1 Å². The lowest BCUT2D eigenvalue weighted by Gasteiger charge is -2.23. The zero-order valence-corrected chi connectivity index (χ0v) is 12.1. The van der Waals surface area contributed by atoms with Crippen LogP contribution in [0.3, 0.4) is 0 Å². The predicted octanol–water partition coefficient (Wildman–Crippen LogP) is 2.30. The molecule has 20 heavy (non-hydrogen) atoms. The number of rotatable bonds is 5. The quantitative estimate of drug-likeness (QED) is 0.907. The number of benzene rings is 1. The van der Waals surface area contributed by atoms with Crippen molar-refractivity contribution in [3.05, 3.63) is 30.5 Å². The van der Waals surface area contributed by atoms with Crippen LogP contribution >= 0.6 is 0 Å². The lowest BCUT2D eigenvalue weighted by Crippen LogP contribution is -2.41. The molecule has 0 aliphatic carbocycles. The maximum Gasteiger partial charge on any atom is 0.244 e. The van der Waals surface area contributed by atoms with Crippen LogP contribution in [-0.4, -0.2) is 40.1 Å². The number of carbonyl (C=O) groups is 1. The Morgan fingerprint density at radius 2 is 2.00 bits per heavy atom. The molecule has 2 aromatic rings. The molecule has 5 nitrogen and oxygen atoms in total. The van der Waals surface area contributed by atoms with Gasteiger partial charge >= 0.3 is 0 Å². The van der Waals surface area contributed by atoms with Gasteiger partial charge in [0.1, 0.15) is 6.04 Å². The van der Waals surface area contributed by atoms with Crippen molar-refractivity contribution in [2.75, 3.05) is 18.4 Å². The summed E-state index contributed by atoms with van der Waals surface area (Å²) in [6.45, 7) is 7.23. The van der Waals surface area contributed by atoms with Crippen molar-refractivity contribution >= 4 is 22.5 Å². The molecule has 2 rings (SSSR count). The fourth-order valence-corrected chi connectivity index (χ4v) is 2.21. The minimum atomic E-state index is -0.324. The van der Waals surface area contributed by atoms with Gasteiger partial charge in [-0.15, -0.1) is 5.10 Å².